The topological polar surface area (TPSA) is 67.2 Å². The Bertz CT molecular complexity index is 374. The van der Waals surface area contributed by atoms with Gasteiger partial charge in [-0.05, 0) is 12.8 Å². The first-order chi connectivity index (χ1) is 8.08. The summed E-state index contributed by atoms with van der Waals surface area (Å²) >= 11 is 0. The first-order valence-corrected chi connectivity index (χ1v) is 6.10. The van der Waals surface area contributed by atoms with Crippen molar-refractivity contribution in [2.45, 2.75) is 45.6 Å². The zero-order valence-corrected chi connectivity index (χ0v) is 10.7. The molecule has 17 heavy (non-hydrogen) atoms. The lowest BCUT2D eigenvalue weighted by atomic mass is 10.1. The minimum Gasteiger partial charge on any atom is -0.480 e. The highest BCUT2D eigenvalue weighted by Gasteiger charge is 2.18. The van der Waals surface area contributed by atoms with Crippen LogP contribution >= 0.6 is 0 Å². The molecule has 0 bridgehead atoms. The highest BCUT2D eigenvalue weighted by Crippen LogP contribution is 2.16. The van der Waals surface area contributed by atoms with Gasteiger partial charge in [-0.25, -0.2) is 4.79 Å². The Labute approximate surface area is 102 Å². The SMILES string of the molecule is CCCCC(Nc1cn(C)nc1CC)C(=O)O. The van der Waals surface area contributed by atoms with Crippen molar-refractivity contribution in [2.24, 2.45) is 7.05 Å². The van der Waals surface area contributed by atoms with Crippen LogP contribution in [0.3, 0.4) is 0 Å². The van der Waals surface area contributed by atoms with E-state index in [0.29, 0.717) is 6.42 Å². The number of rotatable bonds is 7. The summed E-state index contributed by atoms with van der Waals surface area (Å²) in [7, 11) is 1.84. The van der Waals surface area contributed by atoms with Gasteiger partial charge in [0.1, 0.15) is 6.04 Å². The minimum atomic E-state index is -0.802. The molecule has 96 valence electrons. The molecule has 1 rings (SSSR count). The number of carboxylic acid groups (broad SMARTS) is 1. The van der Waals surface area contributed by atoms with Crippen LogP contribution in [0.25, 0.3) is 0 Å². The molecule has 0 spiro atoms. The van der Waals surface area contributed by atoms with Crippen molar-refractivity contribution in [3.8, 4) is 0 Å². The lowest BCUT2D eigenvalue weighted by Gasteiger charge is -2.14. The fourth-order valence-corrected chi connectivity index (χ4v) is 1.77. The maximum Gasteiger partial charge on any atom is 0.326 e. The molecule has 1 aromatic rings. The second kappa shape index (κ2) is 6.27. The number of nitrogens with zero attached hydrogens (tertiary/aromatic N) is 2. The van der Waals surface area contributed by atoms with Gasteiger partial charge in [-0.15, -0.1) is 0 Å². The van der Waals surface area contributed by atoms with Gasteiger partial charge in [0.05, 0.1) is 11.4 Å². The largest absolute Gasteiger partial charge is 0.480 e. The number of aromatic nitrogens is 2. The lowest BCUT2D eigenvalue weighted by molar-refractivity contribution is -0.138. The number of unbranched alkanes of at least 4 members (excludes halogenated alkanes) is 1. The number of nitrogens with one attached hydrogen (secondary N) is 1. The van der Waals surface area contributed by atoms with E-state index in [9.17, 15) is 4.79 Å². The molecule has 0 saturated carbocycles. The van der Waals surface area contributed by atoms with Crippen molar-refractivity contribution in [2.75, 3.05) is 5.32 Å². The van der Waals surface area contributed by atoms with Crippen LogP contribution in [0.15, 0.2) is 6.20 Å². The Morgan fingerprint density at radius 1 is 1.59 bits per heavy atom. The van der Waals surface area contributed by atoms with Gasteiger partial charge in [0.15, 0.2) is 0 Å². The maximum absolute atomic E-state index is 11.1. The van der Waals surface area contributed by atoms with Crippen molar-refractivity contribution >= 4 is 11.7 Å². The van der Waals surface area contributed by atoms with Gasteiger partial charge >= 0.3 is 5.97 Å². The van der Waals surface area contributed by atoms with E-state index in [-0.39, 0.29) is 0 Å². The van der Waals surface area contributed by atoms with Gasteiger partial charge in [0, 0.05) is 13.2 Å². The Kier molecular flexibility index (Phi) is 5.00. The molecule has 1 heterocycles. The van der Waals surface area contributed by atoms with Crippen LogP contribution in [0.2, 0.25) is 0 Å². The predicted molar refractivity (Wildman–Crippen MR) is 67.2 cm³/mol. The molecule has 2 N–H and O–H groups in total. The lowest BCUT2D eigenvalue weighted by Crippen LogP contribution is -2.29. The van der Waals surface area contributed by atoms with Gasteiger partial charge in [0.25, 0.3) is 0 Å². The van der Waals surface area contributed by atoms with Crippen LogP contribution in [0.5, 0.6) is 0 Å². The Balaban J connectivity index is 2.74. The summed E-state index contributed by atoms with van der Waals surface area (Å²) in [4.78, 5) is 11.1. The maximum atomic E-state index is 11.1. The summed E-state index contributed by atoms with van der Waals surface area (Å²) < 4.78 is 1.71. The van der Waals surface area contributed by atoms with E-state index in [2.05, 4.69) is 17.3 Å². The summed E-state index contributed by atoms with van der Waals surface area (Å²) in [5.41, 5.74) is 1.74. The second-order valence-corrected chi connectivity index (χ2v) is 4.19. The molecule has 1 atom stereocenters. The first kappa shape index (κ1) is 13.5. The Morgan fingerprint density at radius 2 is 2.29 bits per heavy atom. The molecular weight excluding hydrogens is 218 g/mol. The third-order valence-electron chi connectivity index (χ3n) is 2.71. The molecule has 5 heteroatoms. The standard InChI is InChI=1S/C12H21N3O2/c1-4-6-7-10(12(16)17)13-11-8-15(3)14-9(11)5-2/h8,10,13H,4-7H2,1-3H3,(H,16,17). The number of carboxylic acids is 1. The predicted octanol–water partition coefficient (Wildman–Crippen LogP) is 2.04. The van der Waals surface area contributed by atoms with Crippen molar-refractivity contribution in [1.29, 1.82) is 0 Å². The number of hydrogen-bond donors (Lipinski definition) is 2. The highest BCUT2D eigenvalue weighted by molar-refractivity contribution is 5.77. The molecule has 0 radical (unpaired) electrons. The quantitative estimate of drug-likeness (QED) is 0.764. The van der Waals surface area contributed by atoms with Crippen LogP contribution in [0.1, 0.15) is 38.8 Å². The Hall–Kier alpha value is -1.52. The summed E-state index contributed by atoms with van der Waals surface area (Å²) in [5, 5.41) is 16.5. The first-order valence-electron chi connectivity index (χ1n) is 6.10. The van der Waals surface area contributed by atoms with Crippen LogP contribution < -0.4 is 5.32 Å². The van der Waals surface area contributed by atoms with E-state index < -0.39 is 12.0 Å². The van der Waals surface area contributed by atoms with Crippen LogP contribution in [0.4, 0.5) is 5.69 Å². The zero-order chi connectivity index (χ0) is 12.8. The monoisotopic (exact) mass is 239 g/mol. The summed E-state index contributed by atoms with van der Waals surface area (Å²) in [6.45, 7) is 4.07. The number of aliphatic carboxylic acids is 1. The van der Waals surface area contributed by atoms with Gasteiger partial charge in [-0.3, -0.25) is 4.68 Å². The van der Waals surface area contributed by atoms with Gasteiger partial charge in [0.2, 0.25) is 0 Å². The number of carbonyl (C=O) groups is 1. The molecule has 0 aliphatic heterocycles. The average Bonchev–Trinajstić information content (AvgIpc) is 2.64. The van der Waals surface area contributed by atoms with E-state index in [0.717, 1.165) is 30.6 Å². The summed E-state index contributed by atoms with van der Waals surface area (Å²) in [5.74, 6) is -0.802. The molecule has 0 aromatic carbocycles. The van der Waals surface area contributed by atoms with E-state index >= 15 is 0 Å². The van der Waals surface area contributed by atoms with Gasteiger partial charge in [-0.2, -0.15) is 5.10 Å². The molecule has 0 saturated heterocycles. The Morgan fingerprint density at radius 3 is 2.82 bits per heavy atom. The van der Waals surface area contributed by atoms with Crippen molar-refractivity contribution in [3.05, 3.63) is 11.9 Å². The molecule has 1 aromatic heterocycles. The molecule has 0 aliphatic rings. The van der Waals surface area contributed by atoms with E-state index in [4.69, 9.17) is 5.11 Å². The average molecular weight is 239 g/mol. The molecule has 5 nitrogen and oxygen atoms in total. The van der Waals surface area contributed by atoms with Crippen LogP contribution in [0, 0.1) is 0 Å². The third kappa shape index (κ3) is 3.76. The second-order valence-electron chi connectivity index (χ2n) is 4.19. The van der Waals surface area contributed by atoms with E-state index in [1.54, 1.807) is 4.68 Å². The van der Waals surface area contributed by atoms with E-state index in [1.807, 2.05) is 20.2 Å². The normalized spacial score (nSPS) is 12.4. The molecule has 0 amide bonds. The highest BCUT2D eigenvalue weighted by atomic mass is 16.4. The summed E-state index contributed by atoms with van der Waals surface area (Å²) in [6, 6.07) is -0.524. The smallest absolute Gasteiger partial charge is 0.326 e. The van der Waals surface area contributed by atoms with Crippen molar-refractivity contribution < 1.29 is 9.90 Å². The van der Waals surface area contributed by atoms with E-state index in [1.165, 1.54) is 0 Å². The van der Waals surface area contributed by atoms with Crippen LogP contribution in [-0.4, -0.2) is 26.9 Å². The minimum absolute atomic E-state index is 0.524. The molecule has 0 fully saturated rings. The zero-order valence-electron chi connectivity index (χ0n) is 10.7. The van der Waals surface area contributed by atoms with Gasteiger partial charge in [-0.1, -0.05) is 26.7 Å². The third-order valence-corrected chi connectivity index (χ3v) is 2.71. The number of aryl methyl sites for hydroxylation is 2. The van der Waals surface area contributed by atoms with Gasteiger partial charge < -0.3 is 10.4 Å². The molecule has 1 unspecified atom stereocenters. The van der Waals surface area contributed by atoms with Crippen molar-refractivity contribution in [3.63, 3.8) is 0 Å². The summed E-state index contributed by atoms with van der Waals surface area (Å²) in [6.07, 6.45) is 5.18. The van der Waals surface area contributed by atoms with Crippen molar-refractivity contribution in [1.82, 2.24) is 9.78 Å². The fraction of sp³-hybridized carbons (Fsp3) is 0.667. The molecular formula is C12H21N3O2. The fourth-order valence-electron chi connectivity index (χ4n) is 1.77. The molecule has 0 aliphatic carbocycles. The van der Waals surface area contributed by atoms with Crippen LogP contribution in [-0.2, 0) is 18.3 Å². The number of anilines is 1. The number of hydrogen-bond acceptors (Lipinski definition) is 3.